The predicted molar refractivity (Wildman–Crippen MR) is 61.8 cm³/mol. The number of rotatable bonds is 4. The molecule has 0 aliphatic rings. The third-order valence-electron chi connectivity index (χ3n) is 2.25. The van der Waals surface area contributed by atoms with Gasteiger partial charge in [-0.3, -0.25) is 9.59 Å². The molecular formula is C13H16O3. The van der Waals surface area contributed by atoms with E-state index in [-0.39, 0.29) is 11.8 Å². The summed E-state index contributed by atoms with van der Waals surface area (Å²) in [4.78, 5) is 22.2. The van der Waals surface area contributed by atoms with Crippen molar-refractivity contribution in [2.45, 2.75) is 33.6 Å². The lowest BCUT2D eigenvalue weighted by Crippen LogP contribution is -2.05. The third-order valence-corrected chi connectivity index (χ3v) is 2.25. The van der Waals surface area contributed by atoms with E-state index in [1.807, 2.05) is 6.07 Å². The number of esters is 1. The van der Waals surface area contributed by atoms with Crippen LogP contribution >= 0.6 is 0 Å². The first-order valence-electron chi connectivity index (χ1n) is 5.37. The maximum atomic E-state index is 11.2. The third kappa shape index (κ3) is 3.19. The lowest BCUT2D eigenvalue weighted by atomic mass is 10.0. The highest BCUT2D eigenvalue weighted by atomic mass is 16.5. The van der Waals surface area contributed by atoms with Crippen molar-refractivity contribution in [3.05, 3.63) is 29.3 Å². The summed E-state index contributed by atoms with van der Waals surface area (Å²) in [5, 5.41) is 0. The van der Waals surface area contributed by atoms with E-state index in [4.69, 9.17) is 4.74 Å². The molecule has 1 aromatic rings. The predicted octanol–water partition coefficient (Wildman–Crippen LogP) is 2.77. The summed E-state index contributed by atoms with van der Waals surface area (Å²) in [6.07, 6.45) is 1.80. The Morgan fingerprint density at radius 3 is 2.44 bits per heavy atom. The summed E-state index contributed by atoms with van der Waals surface area (Å²) in [6.45, 7) is 4.90. The fraction of sp³-hybridized carbons (Fsp3) is 0.385. The molecule has 86 valence electrons. The summed E-state index contributed by atoms with van der Waals surface area (Å²) >= 11 is 0. The highest BCUT2D eigenvalue weighted by Crippen LogP contribution is 2.22. The monoisotopic (exact) mass is 220 g/mol. The average Bonchev–Trinajstić information content (AvgIpc) is 2.19. The molecule has 0 atom stereocenters. The van der Waals surface area contributed by atoms with Gasteiger partial charge in [0.05, 0.1) is 0 Å². The fourth-order valence-electron chi connectivity index (χ4n) is 1.50. The zero-order valence-corrected chi connectivity index (χ0v) is 9.87. The molecule has 0 bridgehead atoms. The molecule has 0 saturated carbocycles. The van der Waals surface area contributed by atoms with Gasteiger partial charge in [0.25, 0.3) is 0 Å². The van der Waals surface area contributed by atoms with Crippen molar-refractivity contribution in [1.29, 1.82) is 0 Å². The Hall–Kier alpha value is -1.64. The zero-order valence-electron chi connectivity index (χ0n) is 9.87. The van der Waals surface area contributed by atoms with Gasteiger partial charge in [-0.2, -0.15) is 0 Å². The smallest absolute Gasteiger partial charge is 0.308 e. The Morgan fingerprint density at radius 1 is 1.25 bits per heavy atom. The summed E-state index contributed by atoms with van der Waals surface area (Å²) in [5.41, 5.74) is 1.53. The molecule has 0 radical (unpaired) electrons. The molecule has 0 aliphatic carbocycles. The van der Waals surface area contributed by atoms with Crippen LogP contribution < -0.4 is 4.74 Å². The van der Waals surface area contributed by atoms with Gasteiger partial charge < -0.3 is 4.74 Å². The van der Waals surface area contributed by atoms with Crippen LogP contribution in [0.5, 0.6) is 5.75 Å². The van der Waals surface area contributed by atoms with E-state index in [9.17, 15) is 9.59 Å². The highest BCUT2D eigenvalue weighted by molar-refractivity contribution is 5.94. The van der Waals surface area contributed by atoms with Gasteiger partial charge in [0, 0.05) is 12.5 Å². The molecule has 0 aliphatic heterocycles. The van der Waals surface area contributed by atoms with Crippen molar-refractivity contribution >= 4 is 11.8 Å². The van der Waals surface area contributed by atoms with Gasteiger partial charge in [0.1, 0.15) is 5.75 Å². The zero-order chi connectivity index (χ0) is 12.1. The first-order chi connectivity index (χ1) is 7.54. The van der Waals surface area contributed by atoms with Gasteiger partial charge in [-0.05, 0) is 25.0 Å². The molecule has 0 spiro atoms. The largest absolute Gasteiger partial charge is 0.426 e. The van der Waals surface area contributed by atoms with Crippen LogP contribution in [-0.4, -0.2) is 11.8 Å². The van der Waals surface area contributed by atoms with Crippen LogP contribution in [0.1, 0.15) is 43.1 Å². The number of ketones is 1. The van der Waals surface area contributed by atoms with Crippen molar-refractivity contribution in [3.63, 3.8) is 0 Å². The Balaban J connectivity index is 3.09. The minimum Gasteiger partial charge on any atom is -0.426 e. The molecule has 0 aromatic heterocycles. The number of carbonyl (C=O) groups excluding carboxylic acids is 2. The van der Waals surface area contributed by atoms with Gasteiger partial charge in [-0.25, -0.2) is 0 Å². The van der Waals surface area contributed by atoms with Gasteiger partial charge in [0.15, 0.2) is 5.78 Å². The number of hydrogen-bond donors (Lipinski definition) is 0. The molecule has 0 N–H and O–H groups in total. The van der Waals surface area contributed by atoms with E-state index in [1.54, 1.807) is 12.1 Å². The normalized spacial score (nSPS) is 9.94. The number of ether oxygens (including phenoxy) is 1. The summed E-state index contributed by atoms with van der Waals surface area (Å²) in [5.74, 6) is 0.108. The first kappa shape index (κ1) is 12.4. The second-order valence-electron chi connectivity index (χ2n) is 3.72. The molecule has 0 fully saturated rings. The summed E-state index contributed by atoms with van der Waals surface area (Å²) < 4.78 is 5.10. The number of Topliss-reactive ketones (excluding diaryl/α,β-unsaturated/α-hetero) is 1. The van der Waals surface area contributed by atoms with E-state index in [1.165, 1.54) is 13.8 Å². The second kappa shape index (κ2) is 5.45. The van der Waals surface area contributed by atoms with Crippen LogP contribution in [0, 0.1) is 0 Å². The molecule has 1 rings (SSSR count). The number of aryl methyl sites for hydroxylation is 1. The van der Waals surface area contributed by atoms with E-state index in [0.29, 0.717) is 11.3 Å². The molecule has 16 heavy (non-hydrogen) atoms. The average molecular weight is 220 g/mol. The molecule has 0 heterocycles. The molecule has 1 aromatic carbocycles. The van der Waals surface area contributed by atoms with Crippen LogP contribution in [0.3, 0.4) is 0 Å². The van der Waals surface area contributed by atoms with E-state index in [0.717, 1.165) is 18.4 Å². The van der Waals surface area contributed by atoms with Crippen LogP contribution in [-0.2, 0) is 11.2 Å². The molecule has 3 nitrogen and oxygen atoms in total. The van der Waals surface area contributed by atoms with Crippen molar-refractivity contribution < 1.29 is 14.3 Å². The second-order valence-corrected chi connectivity index (χ2v) is 3.72. The molecule has 0 unspecified atom stereocenters. The maximum Gasteiger partial charge on any atom is 0.308 e. The minimum absolute atomic E-state index is 0.0311. The lowest BCUT2D eigenvalue weighted by molar-refractivity contribution is -0.131. The quantitative estimate of drug-likeness (QED) is 0.445. The Morgan fingerprint density at radius 2 is 1.94 bits per heavy atom. The van der Waals surface area contributed by atoms with Crippen molar-refractivity contribution in [3.8, 4) is 5.75 Å². The van der Waals surface area contributed by atoms with E-state index in [2.05, 4.69) is 6.92 Å². The van der Waals surface area contributed by atoms with Crippen molar-refractivity contribution in [2.75, 3.05) is 0 Å². The Kier molecular flexibility index (Phi) is 4.23. The van der Waals surface area contributed by atoms with E-state index >= 15 is 0 Å². The highest BCUT2D eigenvalue weighted by Gasteiger charge is 2.09. The minimum atomic E-state index is -0.363. The fourth-order valence-corrected chi connectivity index (χ4v) is 1.50. The molecule has 3 heteroatoms. The van der Waals surface area contributed by atoms with Crippen molar-refractivity contribution in [1.82, 2.24) is 0 Å². The maximum absolute atomic E-state index is 11.2. The standard InChI is InChI=1S/C13H16O3/c1-4-5-11-6-7-12(9(2)14)8-13(11)16-10(3)15/h6-8H,4-5H2,1-3H3. The van der Waals surface area contributed by atoms with Crippen LogP contribution in [0.25, 0.3) is 0 Å². The number of benzene rings is 1. The van der Waals surface area contributed by atoms with Crippen LogP contribution in [0.4, 0.5) is 0 Å². The molecule has 0 saturated heterocycles. The Bertz CT molecular complexity index is 408. The topological polar surface area (TPSA) is 43.4 Å². The summed E-state index contributed by atoms with van der Waals surface area (Å²) in [7, 11) is 0. The number of carbonyl (C=O) groups is 2. The SMILES string of the molecule is CCCc1ccc(C(C)=O)cc1OC(C)=O. The first-order valence-corrected chi connectivity index (χ1v) is 5.37. The van der Waals surface area contributed by atoms with E-state index < -0.39 is 0 Å². The molecule has 0 amide bonds. The van der Waals surface area contributed by atoms with Crippen molar-refractivity contribution in [2.24, 2.45) is 0 Å². The molecular weight excluding hydrogens is 204 g/mol. The van der Waals surface area contributed by atoms with Gasteiger partial charge >= 0.3 is 5.97 Å². The summed E-state index contributed by atoms with van der Waals surface area (Å²) in [6, 6.07) is 5.24. The lowest BCUT2D eigenvalue weighted by Gasteiger charge is -2.09. The van der Waals surface area contributed by atoms with Gasteiger partial charge in [-0.1, -0.05) is 25.5 Å². The number of hydrogen-bond acceptors (Lipinski definition) is 3. The van der Waals surface area contributed by atoms with Gasteiger partial charge in [-0.15, -0.1) is 0 Å². The van der Waals surface area contributed by atoms with Crippen LogP contribution in [0.2, 0.25) is 0 Å². The van der Waals surface area contributed by atoms with Crippen LogP contribution in [0.15, 0.2) is 18.2 Å². The van der Waals surface area contributed by atoms with Gasteiger partial charge in [0.2, 0.25) is 0 Å². The Labute approximate surface area is 95.4 Å².